The van der Waals surface area contributed by atoms with Crippen molar-refractivity contribution in [2.75, 3.05) is 6.61 Å². The first-order chi connectivity index (χ1) is 15.0. The van der Waals surface area contributed by atoms with Gasteiger partial charge in [-0.2, -0.15) is 0 Å². The maximum atomic E-state index is 12.3. The number of hydrogen-bond acceptors (Lipinski definition) is 4. The summed E-state index contributed by atoms with van der Waals surface area (Å²) in [4.78, 5) is 17.6. The third-order valence-corrected chi connectivity index (χ3v) is 6.08. The summed E-state index contributed by atoms with van der Waals surface area (Å²) >= 11 is 1.37. The number of rotatable bonds is 10. The van der Waals surface area contributed by atoms with Gasteiger partial charge in [-0.25, -0.2) is 4.99 Å². The lowest BCUT2D eigenvalue weighted by Gasteiger charge is -2.06. The number of nitrogens with zero attached hydrogens (tertiary/aromatic N) is 1. The van der Waals surface area contributed by atoms with E-state index in [1.54, 1.807) is 0 Å². The van der Waals surface area contributed by atoms with Gasteiger partial charge in [0.25, 0.3) is 5.91 Å². The quantitative estimate of drug-likeness (QED) is 0.324. The van der Waals surface area contributed by atoms with Crippen LogP contribution in [0.1, 0.15) is 62.1 Å². The zero-order valence-corrected chi connectivity index (χ0v) is 19.6. The lowest BCUT2D eigenvalue weighted by atomic mass is 10.1. The van der Waals surface area contributed by atoms with Crippen LogP contribution in [0, 0.1) is 13.8 Å². The monoisotopic (exact) mass is 436 g/mol. The molecular formula is C26H32N2O2S. The molecule has 31 heavy (non-hydrogen) atoms. The molecule has 0 bridgehead atoms. The lowest BCUT2D eigenvalue weighted by Crippen LogP contribution is -2.19. The number of nitrogens with one attached hydrogen (secondary N) is 1. The number of thioether (sulfide) groups is 1. The second kappa shape index (κ2) is 11.8. The second-order valence-electron chi connectivity index (χ2n) is 7.96. The summed E-state index contributed by atoms with van der Waals surface area (Å²) < 4.78 is 5.84. The van der Waals surface area contributed by atoms with Crippen molar-refractivity contribution in [3.63, 3.8) is 0 Å². The summed E-state index contributed by atoms with van der Waals surface area (Å²) in [6, 6.07) is 14.0. The first-order valence-corrected chi connectivity index (χ1v) is 12.0. The van der Waals surface area contributed by atoms with E-state index in [4.69, 9.17) is 4.74 Å². The molecule has 0 aromatic heterocycles. The van der Waals surface area contributed by atoms with Gasteiger partial charge in [0.1, 0.15) is 5.75 Å². The van der Waals surface area contributed by atoms with Gasteiger partial charge < -0.3 is 10.1 Å². The molecule has 5 heteroatoms. The van der Waals surface area contributed by atoms with Crippen LogP contribution in [0.3, 0.4) is 0 Å². The fraction of sp³-hybridized carbons (Fsp3) is 0.385. The number of aryl methyl sites for hydroxylation is 2. The van der Waals surface area contributed by atoms with Crippen molar-refractivity contribution >= 4 is 34.6 Å². The number of ether oxygens (including phenoxy) is 1. The van der Waals surface area contributed by atoms with Crippen LogP contribution in [0.4, 0.5) is 5.69 Å². The molecule has 1 fully saturated rings. The molecule has 0 saturated carbocycles. The van der Waals surface area contributed by atoms with E-state index in [1.165, 1.54) is 49.4 Å². The van der Waals surface area contributed by atoms with Crippen LogP contribution in [0.2, 0.25) is 0 Å². The third kappa shape index (κ3) is 7.28. The van der Waals surface area contributed by atoms with Gasteiger partial charge in [0, 0.05) is 0 Å². The van der Waals surface area contributed by atoms with Crippen molar-refractivity contribution in [1.82, 2.24) is 5.32 Å². The SMILES string of the molecule is CCCCCCCCOc1ccc(/C=C2/SC(=Nc3ccc(C)cc3C)NC2=O)cc1. The highest BCUT2D eigenvalue weighted by atomic mass is 32.2. The van der Waals surface area contributed by atoms with Gasteiger partial charge in [-0.3, -0.25) is 4.79 Å². The molecule has 1 heterocycles. The van der Waals surface area contributed by atoms with Gasteiger partial charge in [-0.05, 0) is 67.4 Å². The Morgan fingerprint density at radius 3 is 2.48 bits per heavy atom. The number of amidine groups is 1. The summed E-state index contributed by atoms with van der Waals surface area (Å²) in [5.41, 5.74) is 4.14. The Hall–Kier alpha value is -2.53. The van der Waals surface area contributed by atoms with Crippen LogP contribution in [-0.2, 0) is 4.79 Å². The summed E-state index contributed by atoms with van der Waals surface area (Å²) in [5, 5.41) is 3.47. The smallest absolute Gasteiger partial charge is 0.264 e. The van der Waals surface area contributed by atoms with E-state index < -0.39 is 0 Å². The van der Waals surface area contributed by atoms with Crippen molar-refractivity contribution in [2.45, 2.75) is 59.3 Å². The molecule has 1 saturated heterocycles. The van der Waals surface area contributed by atoms with Gasteiger partial charge in [0.2, 0.25) is 0 Å². The molecule has 1 aliphatic heterocycles. The highest BCUT2D eigenvalue weighted by Crippen LogP contribution is 2.29. The van der Waals surface area contributed by atoms with Crippen LogP contribution >= 0.6 is 11.8 Å². The van der Waals surface area contributed by atoms with Gasteiger partial charge >= 0.3 is 0 Å². The molecular weight excluding hydrogens is 404 g/mol. The van der Waals surface area contributed by atoms with Crippen molar-refractivity contribution in [3.05, 3.63) is 64.1 Å². The second-order valence-corrected chi connectivity index (χ2v) is 8.99. The van der Waals surface area contributed by atoms with E-state index in [0.717, 1.165) is 35.6 Å². The van der Waals surface area contributed by atoms with Gasteiger partial charge in [-0.15, -0.1) is 0 Å². The predicted molar refractivity (Wildman–Crippen MR) is 132 cm³/mol. The topological polar surface area (TPSA) is 50.7 Å². The molecule has 2 aromatic rings. The van der Waals surface area contributed by atoms with Crippen molar-refractivity contribution in [1.29, 1.82) is 0 Å². The first-order valence-electron chi connectivity index (χ1n) is 11.1. The number of benzene rings is 2. The summed E-state index contributed by atoms with van der Waals surface area (Å²) in [5.74, 6) is 0.758. The predicted octanol–water partition coefficient (Wildman–Crippen LogP) is 6.93. The van der Waals surface area contributed by atoms with Crippen LogP contribution in [0.25, 0.3) is 6.08 Å². The van der Waals surface area contributed by atoms with E-state index in [1.807, 2.05) is 49.4 Å². The Kier molecular flexibility index (Phi) is 8.77. The van der Waals surface area contributed by atoms with Crippen molar-refractivity contribution in [3.8, 4) is 5.75 Å². The average Bonchev–Trinajstić information content (AvgIpc) is 3.09. The largest absolute Gasteiger partial charge is 0.494 e. The lowest BCUT2D eigenvalue weighted by molar-refractivity contribution is -0.115. The summed E-state index contributed by atoms with van der Waals surface area (Å²) in [6.45, 7) is 7.07. The maximum Gasteiger partial charge on any atom is 0.264 e. The Balaban J connectivity index is 1.53. The normalized spacial score (nSPS) is 16.2. The zero-order chi connectivity index (χ0) is 22.1. The Morgan fingerprint density at radius 2 is 1.74 bits per heavy atom. The number of hydrogen-bond donors (Lipinski definition) is 1. The van der Waals surface area contributed by atoms with Crippen LogP contribution < -0.4 is 10.1 Å². The molecule has 3 rings (SSSR count). The molecule has 1 N–H and O–H groups in total. The molecule has 1 amide bonds. The van der Waals surface area contributed by atoms with Gasteiger partial charge in [0.05, 0.1) is 17.2 Å². The number of unbranched alkanes of at least 4 members (excludes halogenated alkanes) is 5. The Labute approximate surface area is 190 Å². The molecule has 0 unspecified atom stereocenters. The molecule has 0 aliphatic carbocycles. The highest BCUT2D eigenvalue weighted by molar-refractivity contribution is 8.18. The highest BCUT2D eigenvalue weighted by Gasteiger charge is 2.23. The van der Waals surface area contributed by atoms with E-state index in [0.29, 0.717) is 10.1 Å². The standard InChI is InChI=1S/C26H32N2O2S/c1-4-5-6-7-8-9-16-30-22-13-11-21(12-14-22)18-24-25(29)28-26(31-24)27-23-15-10-19(2)17-20(23)3/h10-15,17-18H,4-9,16H2,1-3H3,(H,27,28,29)/b24-18+. The number of amides is 1. The molecule has 4 nitrogen and oxygen atoms in total. The molecule has 2 aromatic carbocycles. The number of carbonyl (C=O) groups excluding carboxylic acids is 1. The summed E-state index contributed by atoms with van der Waals surface area (Å²) in [7, 11) is 0. The fourth-order valence-corrected chi connectivity index (χ4v) is 4.24. The minimum atomic E-state index is -0.114. The molecule has 164 valence electrons. The summed E-state index contributed by atoms with van der Waals surface area (Å²) in [6.07, 6.45) is 9.42. The first kappa shape index (κ1) is 23.1. The average molecular weight is 437 g/mol. The minimum Gasteiger partial charge on any atom is -0.494 e. The van der Waals surface area contributed by atoms with Crippen molar-refractivity contribution in [2.24, 2.45) is 4.99 Å². The van der Waals surface area contributed by atoms with E-state index in [-0.39, 0.29) is 5.91 Å². The number of aliphatic imine (C=N–C) groups is 1. The van der Waals surface area contributed by atoms with Crippen molar-refractivity contribution < 1.29 is 9.53 Å². The van der Waals surface area contributed by atoms with Crippen LogP contribution in [-0.4, -0.2) is 17.7 Å². The van der Waals surface area contributed by atoms with Crippen LogP contribution in [0.5, 0.6) is 5.75 Å². The van der Waals surface area contributed by atoms with E-state index in [2.05, 4.69) is 30.2 Å². The van der Waals surface area contributed by atoms with Gasteiger partial charge in [-0.1, -0.05) is 68.9 Å². The number of carbonyl (C=O) groups is 1. The molecule has 1 aliphatic rings. The fourth-order valence-electron chi connectivity index (χ4n) is 3.40. The molecule has 0 radical (unpaired) electrons. The van der Waals surface area contributed by atoms with E-state index >= 15 is 0 Å². The zero-order valence-electron chi connectivity index (χ0n) is 18.7. The Bertz CT molecular complexity index is 948. The van der Waals surface area contributed by atoms with Crippen LogP contribution in [0.15, 0.2) is 52.4 Å². The molecule has 0 spiro atoms. The van der Waals surface area contributed by atoms with Gasteiger partial charge in [0.15, 0.2) is 5.17 Å². The Morgan fingerprint density at radius 1 is 1.00 bits per heavy atom. The maximum absolute atomic E-state index is 12.3. The minimum absolute atomic E-state index is 0.114. The molecule has 0 atom stereocenters. The van der Waals surface area contributed by atoms with E-state index in [9.17, 15) is 4.79 Å². The third-order valence-electron chi connectivity index (χ3n) is 5.17.